The second kappa shape index (κ2) is 7.47. The first-order chi connectivity index (χ1) is 13.1. The average Bonchev–Trinajstić information content (AvgIpc) is 3.23. The first kappa shape index (κ1) is 18.2. The SMILES string of the molecule is CCCn1ccnc1CN1CCC2(CC1)C[C@@H](c1ccccc1)C(=O)N2C. The van der Waals surface area contributed by atoms with E-state index in [9.17, 15) is 4.79 Å². The maximum atomic E-state index is 12.9. The summed E-state index contributed by atoms with van der Waals surface area (Å²) in [4.78, 5) is 22.0. The molecular weight excluding hydrogens is 336 g/mol. The van der Waals surface area contributed by atoms with Crippen LogP contribution in [-0.2, 0) is 17.9 Å². The van der Waals surface area contributed by atoms with Gasteiger partial charge in [0.25, 0.3) is 0 Å². The number of amides is 1. The van der Waals surface area contributed by atoms with Crippen molar-refractivity contribution < 1.29 is 4.79 Å². The lowest BCUT2D eigenvalue weighted by atomic mass is 9.81. The number of hydrogen-bond acceptors (Lipinski definition) is 3. The molecule has 1 aromatic heterocycles. The highest BCUT2D eigenvalue weighted by Gasteiger charge is 2.50. The van der Waals surface area contributed by atoms with E-state index in [1.165, 1.54) is 0 Å². The minimum absolute atomic E-state index is 0.0196. The van der Waals surface area contributed by atoms with Crippen molar-refractivity contribution in [1.82, 2.24) is 19.4 Å². The zero-order valence-electron chi connectivity index (χ0n) is 16.5. The first-order valence-electron chi connectivity index (χ1n) is 10.2. The lowest BCUT2D eigenvalue weighted by Gasteiger charge is -2.43. The molecule has 2 fully saturated rings. The third kappa shape index (κ3) is 3.41. The largest absolute Gasteiger partial charge is 0.339 e. The molecule has 0 N–H and O–H groups in total. The number of carbonyl (C=O) groups is 1. The van der Waals surface area contributed by atoms with Crippen LogP contribution >= 0.6 is 0 Å². The molecule has 0 aliphatic carbocycles. The minimum Gasteiger partial charge on any atom is -0.339 e. The molecule has 3 heterocycles. The predicted molar refractivity (Wildman–Crippen MR) is 106 cm³/mol. The topological polar surface area (TPSA) is 41.4 Å². The van der Waals surface area contributed by atoms with Gasteiger partial charge < -0.3 is 9.47 Å². The fourth-order valence-electron chi connectivity index (χ4n) is 4.82. The van der Waals surface area contributed by atoms with Crippen LogP contribution in [0, 0.1) is 0 Å². The Hall–Kier alpha value is -2.14. The summed E-state index contributed by atoms with van der Waals surface area (Å²) in [5, 5.41) is 0. The highest BCUT2D eigenvalue weighted by molar-refractivity contribution is 5.87. The number of aryl methyl sites for hydroxylation is 1. The molecule has 0 saturated carbocycles. The highest BCUT2D eigenvalue weighted by Crippen LogP contribution is 2.44. The van der Waals surface area contributed by atoms with Gasteiger partial charge in [-0.1, -0.05) is 37.3 Å². The number of benzene rings is 1. The number of likely N-dealkylation sites (tertiary alicyclic amines) is 2. The normalized spacial score (nSPS) is 22.7. The molecule has 2 aromatic rings. The third-order valence-electron chi connectivity index (χ3n) is 6.54. The Kier molecular flexibility index (Phi) is 5.04. The van der Waals surface area contributed by atoms with E-state index >= 15 is 0 Å². The molecule has 0 radical (unpaired) electrons. The molecule has 1 aromatic carbocycles. The summed E-state index contributed by atoms with van der Waals surface area (Å²) in [5.74, 6) is 1.46. The molecule has 27 heavy (non-hydrogen) atoms. The zero-order chi connectivity index (χ0) is 18.9. The maximum absolute atomic E-state index is 12.9. The summed E-state index contributed by atoms with van der Waals surface area (Å²) in [5.41, 5.74) is 1.18. The van der Waals surface area contributed by atoms with Gasteiger partial charge in [0.05, 0.1) is 12.5 Å². The van der Waals surface area contributed by atoms with Gasteiger partial charge in [-0.05, 0) is 31.2 Å². The molecule has 1 atom stereocenters. The Labute approximate surface area is 162 Å². The molecule has 5 nitrogen and oxygen atoms in total. The molecular formula is C22H30N4O. The van der Waals surface area contributed by atoms with E-state index in [1.54, 1.807) is 0 Å². The molecule has 1 spiro atoms. The van der Waals surface area contributed by atoms with Gasteiger partial charge >= 0.3 is 0 Å². The van der Waals surface area contributed by atoms with E-state index < -0.39 is 0 Å². The lowest BCUT2D eigenvalue weighted by Crippen LogP contribution is -2.51. The number of aromatic nitrogens is 2. The quantitative estimate of drug-likeness (QED) is 0.815. The lowest BCUT2D eigenvalue weighted by molar-refractivity contribution is -0.131. The molecule has 0 bridgehead atoms. The maximum Gasteiger partial charge on any atom is 0.230 e. The summed E-state index contributed by atoms with van der Waals surface area (Å²) in [6.07, 6.45) is 8.16. The second-order valence-corrected chi connectivity index (χ2v) is 8.10. The zero-order valence-corrected chi connectivity index (χ0v) is 16.5. The number of rotatable bonds is 5. The summed E-state index contributed by atoms with van der Waals surface area (Å²) in [6, 6.07) is 10.3. The number of imidazole rings is 1. The standard InChI is InChI=1S/C22H30N4O/c1-3-12-26-15-11-23-20(26)17-25-13-9-22(10-14-25)16-19(21(27)24(22)2)18-7-5-4-6-8-18/h4-8,11,15,19H,3,9-10,12-14,16-17H2,1-2H3/t19-/m0/s1. The number of nitrogens with zero attached hydrogens (tertiary/aromatic N) is 4. The Balaban J connectivity index is 1.42. The van der Waals surface area contributed by atoms with E-state index in [1.807, 2.05) is 31.4 Å². The number of likely N-dealkylation sites (N-methyl/N-ethyl adjacent to an activating group) is 1. The molecule has 2 aliphatic heterocycles. The van der Waals surface area contributed by atoms with E-state index in [-0.39, 0.29) is 17.4 Å². The van der Waals surface area contributed by atoms with E-state index in [2.05, 4.69) is 44.6 Å². The molecule has 2 saturated heterocycles. The van der Waals surface area contributed by atoms with Crippen LogP contribution in [0.25, 0.3) is 0 Å². The monoisotopic (exact) mass is 366 g/mol. The minimum atomic E-state index is 0.0196. The Morgan fingerprint density at radius 3 is 2.63 bits per heavy atom. The van der Waals surface area contributed by atoms with Gasteiger partial charge in [0.1, 0.15) is 5.82 Å². The van der Waals surface area contributed by atoms with Crippen molar-refractivity contribution in [3.05, 3.63) is 54.1 Å². The first-order valence-corrected chi connectivity index (χ1v) is 10.2. The molecule has 1 amide bonds. The van der Waals surface area contributed by atoms with Crippen molar-refractivity contribution in [3.8, 4) is 0 Å². The van der Waals surface area contributed by atoms with Crippen LogP contribution in [0.4, 0.5) is 0 Å². The Morgan fingerprint density at radius 1 is 1.19 bits per heavy atom. The van der Waals surface area contributed by atoms with Gasteiger partial charge in [-0.15, -0.1) is 0 Å². The fraction of sp³-hybridized carbons (Fsp3) is 0.545. The van der Waals surface area contributed by atoms with Crippen LogP contribution in [0.3, 0.4) is 0 Å². The molecule has 2 aliphatic rings. The average molecular weight is 367 g/mol. The van der Waals surface area contributed by atoms with E-state index in [0.29, 0.717) is 0 Å². The number of carbonyl (C=O) groups excluding carboxylic acids is 1. The van der Waals surface area contributed by atoms with Crippen LogP contribution in [0.5, 0.6) is 0 Å². The summed E-state index contributed by atoms with van der Waals surface area (Å²) < 4.78 is 2.26. The van der Waals surface area contributed by atoms with Crippen LogP contribution in [0.1, 0.15) is 49.9 Å². The van der Waals surface area contributed by atoms with Crippen LogP contribution in [-0.4, -0.2) is 50.9 Å². The predicted octanol–water partition coefficient (Wildman–Crippen LogP) is 3.27. The van der Waals surface area contributed by atoms with E-state index in [4.69, 9.17) is 0 Å². The van der Waals surface area contributed by atoms with Gasteiger partial charge in [0.15, 0.2) is 0 Å². The van der Waals surface area contributed by atoms with Crippen LogP contribution < -0.4 is 0 Å². The summed E-state index contributed by atoms with van der Waals surface area (Å²) in [7, 11) is 2.01. The van der Waals surface area contributed by atoms with Crippen LogP contribution in [0.2, 0.25) is 0 Å². The smallest absolute Gasteiger partial charge is 0.230 e. The van der Waals surface area contributed by atoms with Gasteiger partial charge in [-0.3, -0.25) is 9.69 Å². The van der Waals surface area contributed by atoms with Gasteiger partial charge in [0.2, 0.25) is 5.91 Å². The fourth-order valence-corrected chi connectivity index (χ4v) is 4.82. The van der Waals surface area contributed by atoms with Gasteiger partial charge in [0, 0.05) is 44.6 Å². The molecule has 0 unspecified atom stereocenters. The molecule has 5 heteroatoms. The van der Waals surface area contributed by atoms with E-state index in [0.717, 1.165) is 63.3 Å². The van der Waals surface area contributed by atoms with Gasteiger partial charge in [-0.25, -0.2) is 4.98 Å². The summed E-state index contributed by atoms with van der Waals surface area (Å²) >= 11 is 0. The van der Waals surface area contributed by atoms with Gasteiger partial charge in [-0.2, -0.15) is 0 Å². The van der Waals surface area contributed by atoms with Crippen LogP contribution in [0.15, 0.2) is 42.7 Å². The summed E-state index contributed by atoms with van der Waals surface area (Å²) in [6.45, 7) is 6.19. The Morgan fingerprint density at radius 2 is 1.93 bits per heavy atom. The van der Waals surface area contributed by atoms with Crippen molar-refractivity contribution in [2.75, 3.05) is 20.1 Å². The van der Waals surface area contributed by atoms with Crippen molar-refractivity contribution in [2.24, 2.45) is 0 Å². The van der Waals surface area contributed by atoms with Crippen molar-refractivity contribution in [2.45, 2.75) is 57.2 Å². The highest BCUT2D eigenvalue weighted by atomic mass is 16.2. The van der Waals surface area contributed by atoms with Crippen molar-refractivity contribution in [3.63, 3.8) is 0 Å². The Bertz CT molecular complexity index is 777. The molecule has 144 valence electrons. The van der Waals surface area contributed by atoms with Crippen molar-refractivity contribution >= 4 is 5.91 Å². The third-order valence-corrected chi connectivity index (χ3v) is 6.54. The second-order valence-electron chi connectivity index (χ2n) is 8.10. The number of hydrogen-bond donors (Lipinski definition) is 0. The van der Waals surface area contributed by atoms with Crippen molar-refractivity contribution in [1.29, 1.82) is 0 Å². The molecule has 4 rings (SSSR count). The number of piperidine rings is 1.